The lowest BCUT2D eigenvalue weighted by Gasteiger charge is -2.31. The van der Waals surface area contributed by atoms with E-state index < -0.39 is 0 Å². The highest BCUT2D eigenvalue weighted by Gasteiger charge is 2.33. The SMILES string of the molecule is Cc1nc(C)c(C(=O)N2CCC(c3nc(C(=O)N4c5ccccc5CC4C)cs3)CC2)s1. The van der Waals surface area contributed by atoms with Crippen LogP contribution >= 0.6 is 22.7 Å². The number of hydrogen-bond donors (Lipinski definition) is 0. The van der Waals surface area contributed by atoms with Gasteiger partial charge in [-0.05, 0) is 51.7 Å². The first-order valence-electron chi connectivity index (χ1n) is 11.0. The Bertz CT molecular complexity index is 1180. The molecular formula is C24H26N4O2S2. The van der Waals surface area contributed by atoms with Gasteiger partial charge in [-0.2, -0.15) is 0 Å². The maximum absolute atomic E-state index is 13.3. The van der Waals surface area contributed by atoms with Crippen molar-refractivity contribution in [1.29, 1.82) is 0 Å². The summed E-state index contributed by atoms with van der Waals surface area (Å²) in [5.41, 5.74) is 3.57. The zero-order valence-electron chi connectivity index (χ0n) is 18.5. The molecule has 1 unspecified atom stereocenters. The highest BCUT2D eigenvalue weighted by molar-refractivity contribution is 7.13. The van der Waals surface area contributed by atoms with Crippen LogP contribution in [0.5, 0.6) is 0 Å². The molecule has 1 saturated heterocycles. The number of aromatic nitrogens is 2. The molecule has 8 heteroatoms. The lowest BCUT2D eigenvalue weighted by molar-refractivity contribution is 0.0717. The average Bonchev–Trinajstić information content (AvgIpc) is 3.49. The highest BCUT2D eigenvalue weighted by Crippen LogP contribution is 2.35. The van der Waals surface area contributed by atoms with Crippen molar-refractivity contribution in [3.05, 3.63) is 61.5 Å². The number of thiazole rings is 2. The summed E-state index contributed by atoms with van der Waals surface area (Å²) in [7, 11) is 0. The van der Waals surface area contributed by atoms with Gasteiger partial charge in [-0.15, -0.1) is 22.7 Å². The van der Waals surface area contributed by atoms with Crippen molar-refractivity contribution in [3.63, 3.8) is 0 Å². The molecule has 0 aliphatic carbocycles. The molecule has 0 radical (unpaired) electrons. The molecule has 5 rings (SSSR count). The third-order valence-corrected chi connectivity index (χ3v) is 8.46. The molecule has 1 fully saturated rings. The van der Waals surface area contributed by atoms with Gasteiger partial charge in [-0.1, -0.05) is 18.2 Å². The summed E-state index contributed by atoms with van der Waals surface area (Å²) < 4.78 is 0. The van der Waals surface area contributed by atoms with Gasteiger partial charge in [0.15, 0.2) is 0 Å². The second-order valence-corrected chi connectivity index (χ2v) is 10.7. The number of fused-ring (bicyclic) bond motifs is 1. The number of benzene rings is 1. The lowest BCUT2D eigenvalue weighted by atomic mass is 9.97. The van der Waals surface area contributed by atoms with Gasteiger partial charge in [0.2, 0.25) is 0 Å². The van der Waals surface area contributed by atoms with Gasteiger partial charge in [0.1, 0.15) is 10.6 Å². The maximum Gasteiger partial charge on any atom is 0.278 e. The largest absolute Gasteiger partial charge is 0.338 e. The number of amides is 2. The second kappa shape index (κ2) is 8.41. The molecule has 3 aromatic rings. The summed E-state index contributed by atoms with van der Waals surface area (Å²) in [5.74, 6) is 0.357. The summed E-state index contributed by atoms with van der Waals surface area (Å²) in [6.07, 6.45) is 2.61. The van der Waals surface area contributed by atoms with Gasteiger partial charge < -0.3 is 9.80 Å². The molecule has 1 atom stereocenters. The fraction of sp³-hybridized carbons (Fsp3) is 0.417. The van der Waals surface area contributed by atoms with Crippen molar-refractivity contribution in [2.24, 2.45) is 0 Å². The number of nitrogens with zero attached hydrogens (tertiary/aromatic N) is 4. The van der Waals surface area contributed by atoms with Crippen LogP contribution in [0.15, 0.2) is 29.6 Å². The van der Waals surface area contributed by atoms with Crippen molar-refractivity contribution in [2.75, 3.05) is 18.0 Å². The Labute approximate surface area is 195 Å². The monoisotopic (exact) mass is 466 g/mol. The van der Waals surface area contributed by atoms with E-state index in [-0.39, 0.29) is 23.8 Å². The Balaban J connectivity index is 1.26. The van der Waals surface area contributed by atoms with Crippen molar-refractivity contribution < 1.29 is 9.59 Å². The van der Waals surface area contributed by atoms with Crippen LogP contribution in [0.25, 0.3) is 0 Å². The molecule has 4 heterocycles. The normalized spacial score (nSPS) is 18.8. The van der Waals surface area contributed by atoms with Gasteiger partial charge in [-0.3, -0.25) is 9.59 Å². The molecule has 0 N–H and O–H groups in total. The van der Waals surface area contributed by atoms with Crippen LogP contribution < -0.4 is 4.90 Å². The predicted octanol–water partition coefficient (Wildman–Crippen LogP) is 4.83. The van der Waals surface area contributed by atoms with E-state index in [2.05, 4.69) is 18.0 Å². The number of anilines is 1. The molecular weight excluding hydrogens is 440 g/mol. The topological polar surface area (TPSA) is 66.4 Å². The fourth-order valence-electron chi connectivity index (χ4n) is 4.77. The molecule has 0 saturated carbocycles. The maximum atomic E-state index is 13.3. The standard InChI is InChI=1S/C24H26N4O2S2/c1-14-12-18-6-4-5-7-20(18)28(14)23(29)19-13-31-22(26-19)17-8-10-27(11-9-17)24(30)21-15(2)25-16(3)32-21/h4-7,13-14,17H,8-12H2,1-3H3. The molecule has 1 aromatic carbocycles. The number of rotatable bonds is 3. The third-order valence-electron chi connectivity index (χ3n) is 6.40. The first-order chi connectivity index (χ1) is 15.4. The Morgan fingerprint density at radius 3 is 2.53 bits per heavy atom. The van der Waals surface area contributed by atoms with E-state index in [9.17, 15) is 9.59 Å². The van der Waals surface area contributed by atoms with E-state index in [1.165, 1.54) is 16.9 Å². The Morgan fingerprint density at radius 1 is 1.06 bits per heavy atom. The van der Waals surface area contributed by atoms with Gasteiger partial charge in [0.05, 0.1) is 15.7 Å². The first-order valence-corrected chi connectivity index (χ1v) is 12.7. The minimum absolute atomic E-state index is 0.0198. The molecule has 6 nitrogen and oxygen atoms in total. The summed E-state index contributed by atoms with van der Waals surface area (Å²) >= 11 is 3.04. The molecule has 2 aliphatic heterocycles. The zero-order chi connectivity index (χ0) is 22.4. The highest BCUT2D eigenvalue weighted by atomic mass is 32.1. The number of para-hydroxylation sites is 1. The molecule has 0 spiro atoms. The number of aryl methyl sites for hydroxylation is 2. The first kappa shape index (κ1) is 21.3. The van der Waals surface area contributed by atoms with E-state index in [1.807, 2.05) is 47.2 Å². The third kappa shape index (κ3) is 3.75. The van der Waals surface area contributed by atoms with Crippen LogP contribution in [0, 0.1) is 13.8 Å². The Morgan fingerprint density at radius 2 is 1.81 bits per heavy atom. The number of likely N-dealkylation sites (tertiary alicyclic amines) is 1. The van der Waals surface area contributed by atoms with Crippen molar-refractivity contribution in [2.45, 2.75) is 52.0 Å². The summed E-state index contributed by atoms with van der Waals surface area (Å²) in [4.78, 5) is 39.8. The number of hydrogen-bond acceptors (Lipinski definition) is 6. The van der Waals surface area contributed by atoms with Crippen LogP contribution in [-0.2, 0) is 6.42 Å². The van der Waals surface area contributed by atoms with E-state index >= 15 is 0 Å². The molecule has 2 aromatic heterocycles. The fourth-order valence-corrected chi connectivity index (χ4v) is 6.63. The van der Waals surface area contributed by atoms with Crippen LogP contribution in [0.2, 0.25) is 0 Å². The zero-order valence-corrected chi connectivity index (χ0v) is 20.1. The van der Waals surface area contributed by atoms with Crippen LogP contribution in [-0.4, -0.2) is 45.8 Å². The van der Waals surface area contributed by atoms with Crippen LogP contribution in [0.1, 0.15) is 67.1 Å². The average molecular weight is 467 g/mol. The quantitative estimate of drug-likeness (QED) is 0.555. The predicted molar refractivity (Wildman–Crippen MR) is 128 cm³/mol. The van der Waals surface area contributed by atoms with E-state index in [4.69, 9.17) is 4.98 Å². The van der Waals surface area contributed by atoms with Crippen LogP contribution in [0.3, 0.4) is 0 Å². The Hall–Kier alpha value is -2.58. The lowest BCUT2D eigenvalue weighted by Crippen LogP contribution is -2.38. The molecule has 2 aliphatic rings. The minimum Gasteiger partial charge on any atom is -0.338 e. The van der Waals surface area contributed by atoms with Crippen molar-refractivity contribution in [1.82, 2.24) is 14.9 Å². The van der Waals surface area contributed by atoms with Gasteiger partial charge in [-0.25, -0.2) is 9.97 Å². The summed E-state index contributed by atoms with van der Waals surface area (Å²) in [6, 6.07) is 8.25. The van der Waals surface area contributed by atoms with Gasteiger partial charge in [0, 0.05) is 36.1 Å². The number of carbonyl (C=O) groups excluding carboxylic acids is 2. The van der Waals surface area contributed by atoms with Crippen molar-refractivity contribution in [3.8, 4) is 0 Å². The van der Waals surface area contributed by atoms with Crippen molar-refractivity contribution >= 4 is 40.2 Å². The number of piperidine rings is 1. The van der Waals surface area contributed by atoms with E-state index in [0.717, 1.165) is 45.5 Å². The smallest absolute Gasteiger partial charge is 0.278 e. The molecule has 32 heavy (non-hydrogen) atoms. The van der Waals surface area contributed by atoms with Crippen LogP contribution in [0.4, 0.5) is 5.69 Å². The van der Waals surface area contributed by atoms with E-state index in [1.54, 1.807) is 11.3 Å². The van der Waals surface area contributed by atoms with Gasteiger partial charge in [0.25, 0.3) is 11.8 Å². The molecule has 2 amide bonds. The summed E-state index contributed by atoms with van der Waals surface area (Å²) in [6.45, 7) is 7.34. The second-order valence-electron chi connectivity index (χ2n) is 8.64. The van der Waals surface area contributed by atoms with Gasteiger partial charge >= 0.3 is 0 Å². The minimum atomic E-state index is -0.0198. The van der Waals surface area contributed by atoms with E-state index in [0.29, 0.717) is 18.8 Å². The Kier molecular flexibility index (Phi) is 5.59. The molecule has 166 valence electrons. The number of carbonyl (C=O) groups is 2. The molecule has 0 bridgehead atoms. The summed E-state index contributed by atoms with van der Waals surface area (Å²) in [5, 5.41) is 3.83.